The molecular weight excluding hydrogens is 248 g/mol. The van der Waals surface area contributed by atoms with E-state index in [1.54, 1.807) is 6.92 Å². The van der Waals surface area contributed by atoms with Gasteiger partial charge in [0.1, 0.15) is 0 Å². The molecule has 1 aromatic rings. The normalized spacial score (nSPS) is 13.3. The molecule has 18 heavy (non-hydrogen) atoms. The summed E-state index contributed by atoms with van der Waals surface area (Å²) in [6.45, 7) is 6.51. The van der Waals surface area contributed by atoms with E-state index in [9.17, 15) is 4.79 Å². The SMILES string of the molecule is CCC(C)N(Cc1ccccc1)C(=O)[C@H](C)N.Cl. The third-order valence-corrected chi connectivity index (χ3v) is 2.99. The lowest BCUT2D eigenvalue weighted by molar-refractivity contribution is -0.135. The molecule has 0 radical (unpaired) electrons. The van der Waals surface area contributed by atoms with Crippen molar-refractivity contribution < 1.29 is 4.79 Å². The maximum atomic E-state index is 12.0. The molecule has 0 aliphatic rings. The molecule has 0 spiro atoms. The van der Waals surface area contributed by atoms with Gasteiger partial charge in [0.2, 0.25) is 5.91 Å². The van der Waals surface area contributed by atoms with Crippen LogP contribution < -0.4 is 5.73 Å². The Bertz CT molecular complexity index is 354. The van der Waals surface area contributed by atoms with Gasteiger partial charge in [0.25, 0.3) is 0 Å². The highest BCUT2D eigenvalue weighted by atomic mass is 35.5. The number of nitrogens with two attached hydrogens (primary N) is 1. The highest BCUT2D eigenvalue weighted by Gasteiger charge is 2.21. The lowest BCUT2D eigenvalue weighted by atomic mass is 10.1. The topological polar surface area (TPSA) is 46.3 Å². The molecule has 0 saturated carbocycles. The summed E-state index contributed by atoms with van der Waals surface area (Å²) in [4.78, 5) is 13.9. The van der Waals surface area contributed by atoms with Gasteiger partial charge in [-0.3, -0.25) is 4.79 Å². The lowest BCUT2D eigenvalue weighted by Crippen LogP contribution is -2.45. The molecule has 102 valence electrons. The van der Waals surface area contributed by atoms with Gasteiger partial charge in [-0.2, -0.15) is 0 Å². The molecule has 1 unspecified atom stereocenters. The standard InChI is InChI=1S/C14H22N2O.ClH/c1-4-11(2)16(14(17)12(3)15)10-13-8-6-5-7-9-13;/h5-9,11-12H,4,10,15H2,1-3H3;1H/t11?,12-;/m0./s1. The summed E-state index contributed by atoms with van der Waals surface area (Å²) in [5, 5.41) is 0. The minimum atomic E-state index is -0.437. The molecule has 0 fully saturated rings. The van der Waals surface area contributed by atoms with Crippen LogP contribution in [0.4, 0.5) is 0 Å². The van der Waals surface area contributed by atoms with E-state index in [2.05, 4.69) is 13.8 Å². The number of rotatable bonds is 5. The van der Waals surface area contributed by atoms with Crippen molar-refractivity contribution in [2.75, 3.05) is 0 Å². The molecule has 0 saturated heterocycles. The lowest BCUT2D eigenvalue weighted by Gasteiger charge is -2.30. The molecule has 0 aliphatic heterocycles. The second-order valence-electron chi connectivity index (χ2n) is 4.50. The van der Waals surface area contributed by atoms with E-state index in [4.69, 9.17) is 5.73 Å². The first-order valence-corrected chi connectivity index (χ1v) is 6.16. The van der Waals surface area contributed by atoms with Crippen LogP contribution in [0.25, 0.3) is 0 Å². The minimum absolute atomic E-state index is 0. The van der Waals surface area contributed by atoms with Crippen LogP contribution in [0.3, 0.4) is 0 Å². The van der Waals surface area contributed by atoms with Crippen molar-refractivity contribution in [2.45, 2.75) is 45.8 Å². The fraction of sp³-hybridized carbons (Fsp3) is 0.500. The van der Waals surface area contributed by atoms with E-state index in [-0.39, 0.29) is 24.4 Å². The van der Waals surface area contributed by atoms with E-state index in [0.29, 0.717) is 6.54 Å². The number of amides is 1. The number of nitrogens with zero attached hydrogens (tertiary/aromatic N) is 1. The Labute approximate surface area is 116 Å². The second kappa shape index (κ2) is 8.11. The first-order chi connectivity index (χ1) is 8.06. The summed E-state index contributed by atoms with van der Waals surface area (Å²) in [6, 6.07) is 9.79. The van der Waals surface area contributed by atoms with Crippen LogP contribution >= 0.6 is 12.4 Å². The maximum absolute atomic E-state index is 12.0. The predicted molar refractivity (Wildman–Crippen MR) is 77.6 cm³/mol. The van der Waals surface area contributed by atoms with Crippen molar-refractivity contribution in [2.24, 2.45) is 5.73 Å². The van der Waals surface area contributed by atoms with Gasteiger partial charge in [0, 0.05) is 12.6 Å². The summed E-state index contributed by atoms with van der Waals surface area (Å²) in [7, 11) is 0. The average Bonchev–Trinajstić information content (AvgIpc) is 2.35. The van der Waals surface area contributed by atoms with Crippen LogP contribution in [-0.2, 0) is 11.3 Å². The molecular formula is C14H23ClN2O. The Morgan fingerprint density at radius 2 is 1.83 bits per heavy atom. The number of hydrogen-bond donors (Lipinski definition) is 1. The van der Waals surface area contributed by atoms with Crippen molar-refractivity contribution in [3.05, 3.63) is 35.9 Å². The van der Waals surface area contributed by atoms with Crippen molar-refractivity contribution in [3.63, 3.8) is 0 Å². The molecule has 0 aliphatic carbocycles. The zero-order valence-electron chi connectivity index (χ0n) is 11.3. The van der Waals surface area contributed by atoms with Gasteiger partial charge in [-0.1, -0.05) is 37.3 Å². The van der Waals surface area contributed by atoms with Crippen molar-refractivity contribution in [1.82, 2.24) is 4.90 Å². The fourth-order valence-corrected chi connectivity index (χ4v) is 1.71. The van der Waals surface area contributed by atoms with E-state index in [0.717, 1.165) is 12.0 Å². The van der Waals surface area contributed by atoms with Crippen LogP contribution in [0.15, 0.2) is 30.3 Å². The number of carbonyl (C=O) groups excluding carboxylic acids is 1. The van der Waals surface area contributed by atoms with Gasteiger partial charge in [-0.05, 0) is 25.8 Å². The Balaban J connectivity index is 0.00000289. The average molecular weight is 271 g/mol. The molecule has 2 N–H and O–H groups in total. The summed E-state index contributed by atoms with van der Waals surface area (Å²) in [5.41, 5.74) is 6.83. The Morgan fingerprint density at radius 1 is 1.28 bits per heavy atom. The predicted octanol–water partition coefficient (Wildman–Crippen LogP) is 2.58. The zero-order chi connectivity index (χ0) is 12.8. The van der Waals surface area contributed by atoms with Crippen molar-refractivity contribution in [1.29, 1.82) is 0 Å². The first kappa shape index (κ1) is 16.9. The van der Waals surface area contributed by atoms with Gasteiger partial charge < -0.3 is 10.6 Å². The second-order valence-corrected chi connectivity index (χ2v) is 4.50. The van der Waals surface area contributed by atoms with E-state index < -0.39 is 6.04 Å². The Hall–Kier alpha value is -1.06. The Morgan fingerprint density at radius 3 is 2.28 bits per heavy atom. The molecule has 4 heteroatoms. The van der Waals surface area contributed by atoms with E-state index >= 15 is 0 Å². The number of hydrogen-bond acceptors (Lipinski definition) is 2. The number of carbonyl (C=O) groups is 1. The summed E-state index contributed by atoms with van der Waals surface area (Å²) >= 11 is 0. The van der Waals surface area contributed by atoms with Gasteiger partial charge in [0.15, 0.2) is 0 Å². The van der Waals surface area contributed by atoms with Gasteiger partial charge in [-0.15, -0.1) is 12.4 Å². The van der Waals surface area contributed by atoms with Crippen LogP contribution in [0.5, 0.6) is 0 Å². The number of halogens is 1. The van der Waals surface area contributed by atoms with Gasteiger partial charge in [0.05, 0.1) is 6.04 Å². The molecule has 3 nitrogen and oxygen atoms in total. The monoisotopic (exact) mass is 270 g/mol. The van der Waals surface area contributed by atoms with Crippen LogP contribution in [-0.4, -0.2) is 22.9 Å². The largest absolute Gasteiger partial charge is 0.334 e. The highest BCUT2D eigenvalue weighted by molar-refractivity contribution is 5.85. The zero-order valence-corrected chi connectivity index (χ0v) is 12.1. The molecule has 1 aromatic carbocycles. The third-order valence-electron chi connectivity index (χ3n) is 2.99. The quantitative estimate of drug-likeness (QED) is 0.894. The van der Waals surface area contributed by atoms with Crippen LogP contribution in [0.1, 0.15) is 32.8 Å². The summed E-state index contributed by atoms with van der Waals surface area (Å²) in [5.74, 6) is 0.0169. The molecule has 0 bridgehead atoms. The van der Waals surface area contributed by atoms with E-state index in [1.807, 2.05) is 35.2 Å². The number of benzene rings is 1. The minimum Gasteiger partial charge on any atom is -0.334 e. The van der Waals surface area contributed by atoms with Crippen molar-refractivity contribution in [3.8, 4) is 0 Å². The maximum Gasteiger partial charge on any atom is 0.239 e. The highest BCUT2D eigenvalue weighted by Crippen LogP contribution is 2.11. The molecule has 0 aromatic heterocycles. The van der Waals surface area contributed by atoms with Crippen LogP contribution in [0, 0.1) is 0 Å². The Kier molecular flexibility index (Phi) is 7.64. The summed E-state index contributed by atoms with van der Waals surface area (Å²) < 4.78 is 0. The smallest absolute Gasteiger partial charge is 0.239 e. The summed E-state index contributed by atoms with van der Waals surface area (Å²) in [6.07, 6.45) is 0.936. The molecule has 0 heterocycles. The fourth-order valence-electron chi connectivity index (χ4n) is 1.71. The van der Waals surface area contributed by atoms with E-state index in [1.165, 1.54) is 0 Å². The van der Waals surface area contributed by atoms with Gasteiger partial charge >= 0.3 is 0 Å². The van der Waals surface area contributed by atoms with Gasteiger partial charge in [-0.25, -0.2) is 0 Å². The third kappa shape index (κ3) is 4.67. The molecule has 1 rings (SSSR count). The first-order valence-electron chi connectivity index (χ1n) is 6.16. The molecule has 2 atom stereocenters. The van der Waals surface area contributed by atoms with Crippen molar-refractivity contribution >= 4 is 18.3 Å². The molecule has 1 amide bonds. The van der Waals surface area contributed by atoms with Crippen LogP contribution in [0.2, 0.25) is 0 Å².